The van der Waals surface area contributed by atoms with Gasteiger partial charge in [0.05, 0.1) is 26.3 Å². The molecule has 35 heavy (non-hydrogen) atoms. The van der Waals surface area contributed by atoms with Crippen molar-refractivity contribution in [1.29, 1.82) is 0 Å². The fraction of sp³-hybridized carbons (Fsp3) is 0.192. The Balaban J connectivity index is 1.61. The van der Waals surface area contributed by atoms with Crippen molar-refractivity contribution in [2.75, 3.05) is 24.4 Å². The van der Waals surface area contributed by atoms with Crippen LogP contribution in [-0.2, 0) is 16.1 Å². The van der Waals surface area contributed by atoms with Gasteiger partial charge in [-0.2, -0.15) is 0 Å². The number of ether oxygens (including phenoxy) is 2. The number of halogens is 1. The first-order chi connectivity index (χ1) is 16.9. The number of carbonyl (C=O) groups is 3. The molecule has 3 aromatic rings. The van der Waals surface area contributed by atoms with Gasteiger partial charge < -0.3 is 19.7 Å². The molecular weight excluding hydrogens is 470 g/mol. The van der Waals surface area contributed by atoms with E-state index in [-0.39, 0.29) is 13.0 Å². The van der Waals surface area contributed by atoms with Crippen LogP contribution >= 0.6 is 11.6 Å². The molecule has 0 spiro atoms. The Labute approximate surface area is 208 Å². The van der Waals surface area contributed by atoms with E-state index in [1.807, 2.05) is 12.1 Å². The topological polar surface area (TPSA) is 88.2 Å². The number of hydrogen-bond acceptors (Lipinski definition) is 5. The highest BCUT2D eigenvalue weighted by Gasteiger charge is 2.46. The first-order valence-electron chi connectivity index (χ1n) is 10.9. The van der Waals surface area contributed by atoms with Crippen molar-refractivity contribution in [3.8, 4) is 11.5 Å². The molecule has 4 amide bonds. The second-order valence-corrected chi connectivity index (χ2v) is 8.35. The summed E-state index contributed by atoms with van der Waals surface area (Å²) < 4.78 is 10.4. The van der Waals surface area contributed by atoms with Crippen LogP contribution in [0.3, 0.4) is 0 Å². The largest absolute Gasteiger partial charge is 0.497 e. The lowest BCUT2D eigenvalue weighted by atomic mass is 10.1. The minimum Gasteiger partial charge on any atom is -0.497 e. The number of benzene rings is 3. The Morgan fingerprint density at radius 3 is 2.29 bits per heavy atom. The number of nitrogens with zero attached hydrogens (tertiary/aromatic N) is 2. The van der Waals surface area contributed by atoms with Crippen molar-refractivity contribution in [2.24, 2.45) is 0 Å². The highest BCUT2D eigenvalue weighted by molar-refractivity contribution is 6.30. The van der Waals surface area contributed by atoms with Crippen LogP contribution < -0.4 is 19.7 Å². The summed E-state index contributed by atoms with van der Waals surface area (Å²) in [4.78, 5) is 42.2. The number of methoxy groups -OCH3 is 2. The van der Waals surface area contributed by atoms with Gasteiger partial charge in [0.2, 0.25) is 5.91 Å². The molecule has 9 heteroatoms. The standard InChI is InChI=1S/C26H24ClN3O5/c1-34-21-12-6-17(7-13-21)16-29-23(15-24(31)28-19-10-8-18(27)9-11-19)25(32)30(26(29)33)20-4-3-5-22(14-20)35-2/h3-14,23H,15-16H2,1-2H3,(H,28,31)/t23-/m0/s1. The van der Waals surface area contributed by atoms with Gasteiger partial charge in [-0.1, -0.05) is 29.8 Å². The minimum atomic E-state index is -0.983. The number of nitrogens with one attached hydrogen (secondary N) is 1. The van der Waals surface area contributed by atoms with Crippen LogP contribution in [0.15, 0.2) is 72.8 Å². The molecular formula is C26H24ClN3O5. The number of amides is 4. The van der Waals surface area contributed by atoms with Crippen molar-refractivity contribution < 1.29 is 23.9 Å². The highest BCUT2D eigenvalue weighted by Crippen LogP contribution is 2.31. The van der Waals surface area contributed by atoms with E-state index >= 15 is 0 Å². The maximum atomic E-state index is 13.5. The van der Waals surface area contributed by atoms with Crippen LogP contribution in [0.5, 0.6) is 11.5 Å². The lowest BCUT2D eigenvalue weighted by molar-refractivity contribution is -0.124. The van der Waals surface area contributed by atoms with E-state index in [2.05, 4.69) is 5.32 Å². The zero-order valence-electron chi connectivity index (χ0n) is 19.2. The van der Waals surface area contributed by atoms with Gasteiger partial charge in [-0.15, -0.1) is 0 Å². The van der Waals surface area contributed by atoms with E-state index in [0.29, 0.717) is 27.9 Å². The van der Waals surface area contributed by atoms with Crippen molar-refractivity contribution in [2.45, 2.75) is 19.0 Å². The lowest BCUT2D eigenvalue weighted by Crippen LogP contribution is -2.37. The van der Waals surface area contributed by atoms with Crippen LogP contribution in [0.2, 0.25) is 5.02 Å². The molecule has 1 atom stereocenters. The Bertz CT molecular complexity index is 1230. The maximum Gasteiger partial charge on any atom is 0.332 e. The predicted molar refractivity (Wildman–Crippen MR) is 133 cm³/mol. The molecule has 4 rings (SSSR count). The van der Waals surface area contributed by atoms with E-state index in [0.717, 1.165) is 10.5 Å². The van der Waals surface area contributed by atoms with Crippen molar-refractivity contribution in [1.82, 2.24) is 4.90 Å². The average Bonchev–Trinajstić information content (AvgIpc) is 3.09. The second kappa shape index (κ2) is 10.5. The van der Waals surface area contributed by atoms with Gasteiger partial charge in [0.15, 0.2) is 0 Å². The van der Waals surface area contributed by atoms with E-state index in [9.17, 15) is 14.4 Å². The van der Waals surface area contributed by atoms with Gasteiger partial charge in [0.25, 0.3) is 5.91 Å². The third-order valence-corrected chi connectivity index (χ3v) is 5.90. The monoisotopic (exact) mass is 493 g/mol. The normalized spacial score (nSPS) is 15.3. The van der Waals surface area contributed by atoms with Crippen LogP contribution in [0, 0.1) is 0 Å². The smallest absolute Gasteiger partial charge is 0.332 e. The lowest BCUT2D eigenvalue weighted by Gasteiger charge is -2.22. The molecule has 1 aliphatic rings. The van der Waals surface area contributed by atoms with Crippen LogP contribution in [0.25, 0.3) is 0 Å². The second-order valence-electron chi connectivity index (χ2n) is 7.91. The van der Waals surface area contributed by atoms with Crippen molar-refractivity contribution in [3.63, 3.8) is 0 Å². The zero-order valence-corrected chi connectivity index (χ0v) is 20.0. The number of imide groups is 1. The van der Waals surface area contributed by atoms with Gasteiger partial charge in [0.1, 0.15) is 17.5 Å². The molecule has 1 fully saturated rings. The Morgan fingerprint density at radius 1 is 0.943 bits per heavy atom. The van der Waals surface area contributed by atoms with E-state index in [1.54, 1.807) is 67.8 Å². The maximum absolute atomic E-state index is 13.5. The van der Waals surface area contributed by atoms with E-state index < -0.39 is 23.9 Å². The quantitative estimate of drug-likeness (QED) is 0.458. The summed E-state index contributed by atoms with van der Waals surface area (Å²) in [6.45, 7) is 0.147. The summed E-state index contributed by atoms with van der Waals surface area (Å²) in [5.41, 5.74) is 1.71. The number of hydrogen-bond donors (Lipinski definition) is 1. The number of urea groups is 1. The summed E-state index contributed by atoms with van der Waals surface area (Å²) in [5.74, 6) is 0.303. The predicted octanol–water partition coefficient (Wildman–Crippen LogP) is 4.72. The van der Waals surface area contributed by atoms with Gasteiger partial charge in [-0.25, -0.2) is 9.69 Å². The first kappa shape index (κ1) is 24.1. The third-order valence-electron chi connectivity index (χ3n) is 5.65. The van der Waals surface area contributed by atoms with Crippen LogP contribution in [0.4, 0.5) is 16.2 Å². The van der Waals surface area contributed by atoms with Crippen molar-refractivity contribution in [3.05, 3.63) is 83.4 Å². The fourth-order valence-corrected chi connectivity index (χ4v) is 3.98. The van der Waals surface area contributed by atoms with E-state index in [4.69, 9.17) is 21.1 Å². The molecule has 1 heterocycles. The molecule has 0 bridgehead atoms. The van der Waals surface area contributed by atoms with Gasteiger partial charge in [-0.05, 0) is 54.1 Å². The van der Waals surface area contributed by atoms with Crippen molar-refractivity contribution >= 4 is 40.8 Å². The fourth-order valence-electron chi connectivity index (χ4n) is 3.85. The third kappa shape index (κ3) is 5.38. The molecule has 180 valence electrons. The summed E-state index contributed by atoms with van der Waals surface area (Å²) >= 11 is 5.91. The van der Waals surface area contributed by atoms with Gasteiger partial charge in [0, 0.05) is 23.3 Å². The summed E-state index contributed by atoms with van der Waals surface area (Å²) in [7, 11) is 3.08. The first-order valence-corrected chi connectivity index (χ1v) is 11.2. The Kier molecular flexibility index (Phi) is 7.22. The average molecular weight is 494 g/mol. The van der Waals surface area contributed by atoms with Gasteiger partial charge in [-0.3, -0.25) is 9.59 Å². The SMILES string of the molecule is COc1ccc(CN2C(=O)N(c3cccc(OC)c3)C(=O)[C@@H]2CC(=O)Nc2ccc(Cl)cc2)cc1. The molecule has 3 aromatic carbocycles. The number of rotatable bonds is 8. The molecule has 0 saturated carbocycles. The zero-order chi connectivity index (χ0) is 24.9. The molecule has 1 saturated heterocycles. The molecule has 8 nitrogen and oxygen atoms in total. The minimum absolute atomic E-state index is 0.147. The number of anilines is 2. The molecule has 1 aliphatic heterocycles. The van der Waals surface area contributed by atoms with Crippen LogP contribution in [0.1, 0.15) is 12.0 Å². The molecule has 0 radical (unpaired) electrons. The molecule has 1 N–H and O–H groups in total. The highest BCUT2D eigenvalue weighted by atomic mass is 35.5. The molecule has 0 aromatic heterocycles. The summed E-state index contributed by atoms with van der Waals surface area (Å²) in [6, 6.07) is 19.0. The summed E-state index contributed by atoms with van der Waals surface area (Å²) in [5, 5.41) is 3.30. The Morgan fingerprint density at radius 2 is 1.63 bits per heavy atom. The molecule has 0 unspecified atom stereocenters. The van der Waals surface area contributed by atoms with Crippen LogP contribution in [-0.4, -0.2) is 43.0 Å². The van der Waals surface area contributed by atoms with Gasteiger partial charge >= 0.3 is 6.03 Å². The van der Waals surface area contributed by atoms with E-state index in [1.165, 1.54) is 12.0 Å². The molecule has 0 aliphatic carbocycles. The summed E-state index contributed by atoms with van der Waals surface area (Å²) in [6.07, 6.45) is -0.205. The number of carbonyl (C=O) groups excluding carboxylic acids is 3. The Hall–Kier alpha value is -4.04.